The van der Waals surface area contributed by atoms with Crippen molar-refractivity contribution < 1.29 is 9.21 Å². The third kappa shape index (κ3) is 5.14. The Bertz CT molecular complexity index is 1100. The molecule has 0 bridgehead atoms. The molecule has 0 aliphatic rings. The quantitative estimate of drug-likeness (QED) is 0.485. The van der Waals surface area contributed by atoms with Crippen LogP contribution in [-0.4, -0.2) is 27.3 Å². The second-order valence-electron chi connectivity index (χ2n) is 7.04. The number of nitrogens with zero attached hydrogens (tertiary/aromatic N) is 3. The number of carbonyl (C=O) groups is 1. The van der Waals surface area contributed by atoms with Gasteiger partial charge in [-0.15, -0.1) is 0 Å². The first kappa shape index (κ1) is 19.4. The Balaban J connectivity index is 1.26. The van der Waals surface area contributed by atoms with E-state index in [9.17, 15) is 4.79 Å². The molecule has 152 valence electrons. The highest BCUT2D eigenvalue weighted by Crippen LogP contribution is 2.19. The number of amides is 2. The highest BCUT2D eigenvalue weighted by atomic mass is 16.3. The first-order valence-electron chi connectivity index (χ1n) is 9.78. The molecule has 0 aliphatic heterocycles. The Morgan fingerprint density at radius 3 is 2.80 bits per heavy atom. The van der Waals surface area contributed by atoms with Crippen LogP contribution in [-0.2, 0) is 13.0 Å². The molecule has 2 heterocycles. The predicted molar refractivity (Wildman–Crippen MR) is 115 cm³/mol. The summed E-state index contributed by atoms with van der Waals surface area (Å²) in [6.07, 6.45) is 5.87. The summed E-state index contributed by atoms with van der Waals surface area (Å²) in [7, 11) is 0. The smallest absolute Gasteiger partial charge is 0.319 e. The summed E-state index contributed by atoms with van der Waals surface area (Å²) in [5.41, 5.74) is 4.72. The summed E-state index contributed by atoms with van der Waals surface area (Å²) in [6.45, 7) is 3.15. The van der Waals surface area contributed by atoms with Crippen molar-refractivity contribution in [2.45, 2.75) is 19.9 Å². The van der Waals surface area contributed by atoms with Gasteiger partial charge in [0, 0.05) is 36.6 Å². The fourth-order valence-corrected chi connectivity index (χ4v) is 3.06. The number of aryl methyl sites for hydroxylation is 1. The summed E-state index contributed by atoms with van der Waals surface area (Å²) in [5, 5.41) is 9.91. The van der Waals surface area contributed by atoms with Crippen LogP contribution in [0.1, 0.15) is 16.8 Å². The average Bonchev–Trinajstić information content (AvgIpc) is 3.41. The zero-order valence-corrected chi connectivity index (χ0v) is 16.7. The van der Waals surface area contributed by atoms with E-state index in [1.54, 1.807) is 12.5 Å². The van der Waals surface area contributed by atoms with Gasteiger partial charge in [0.1, 0.15) is 6.26 Å². The molecule has 4 aromatic rings. The van der Waals surface area contributed by atoms with Crippen molar-refractivity contribution in [3.63, 3.8) is 0 Å². The summed E-state index contributed by atoms with van der Waals surface area (Å²) < 4.78 is 7.39. The van der Waals surface area contributed by atoms with E-state index in [-0.39, 0.29) is 6.03 Å². The van der Waals surface area contributed by atoms with E-state index >= 15 is 0 Å². The number of rotatable bonds is 7. The molecule has 0 fully saturated rings. The van der Waals surface area contributed by atoms with Gasteiger partial charge in [-0.3, -0.25) is 4.68 Å². The number of nitrogens with one attached hydrogen (secondary N) is 2. The summed E-state index contributed by atoms with van der Waals surface area (Å²) in [4.78, 5) is 16.7. The molecular weight excluding hydrogens is 378 g/mol. The monoisotopic (exact) mass is 401 g/mol. The Morgan fingerprint density at radius 2 is 2.00 bits per heavy atom. The van der Waals surface area contributed by atoms with Gasteiger partial charge < -0.3 is 15.1 Å². The van der Waals surface area contributed by atoms with Crippen LogP contribution < -0.4 is 10.6 Å². The number of benzene rings is 2. The Labute approximate surface area is 174 Å². The first-order valence-corrected chi connectivity index (χ1v) is 9.78. The number of anilines is 1. The van der Waals surface area contributed by atoms with Gasteiger partial charge in [-0.25, -0.2) is 9.78 Å². The van der Waals surface area contributed by atoms with Gasteiger partial charge in [0.2, 0.25) is 5.89 Å². The standard InChI is InChI=1S/C23H23N5O2/c1-17-6-8-19(9-7-17)22-26-21(16-30-22)10-12-24-23(29)27-20-5-2-4-18(14-20)15-28-13-3-11-25-28/h2-9,11,13-14,16H,10,12,15H2,1H3,(H2,24,27,29). The molecule has 0 radical (unpaired) electrons. The van der Waals surface area contributed by atoms with E-state index in [1.165, 1.54) is 5.56 Å². The highest BCUT2D eigenvalue weighted by molar-refractivity contribution is 5.89. The average molecular weight is 401 g/mol. The molecule has 0 saturated carbocycles. The van der Waals surface area contributed by atoms with E-state index in [0.717, 1.165) is 22.5 Å². The fraction of sp³-hybridized carbons (Fsp3) is 0.174. The van der Waals surface area contributed by atoms with Gasteiger partial charge in [-0.05, 0) is 42.8 Å². The van der Waals surface area contributed by atoms with Crippen LogP contribution in [0, 0.1) is 6.92 Å². The van der Waals surface area contributed by atoms with Crippen molar-refractivity contribution in [2.24, 2.45) is 0 Å². The lowest BCUT2D eigenvalue weighted by atomic mass is 10.1. The molecular formula is C23H23N5O2. The van der Waals surface area contributed by atoms with E-state index in [0.29, 0.717) is 25.4 Å². The van der Waals surface area contributed by atoms with Gasteiger partial charge >= 0.3 is 6.03 Å². The number of oxazole rings is 1. The first-order chi connectivity index (χ1) is 14.7. The number of urea groups is 1. The van der Waals surface area contributed by atoms with Crippen LogP contribution in [0.4, 0.5) is 10.5 Å². The molecule has 0 spiro atoms. The third-order valence-electron chi connectivity index (χ3n) is 4.61. The molecule has 7 nitrogen and oxygen atoms in total. The van der Waals surface area contributed by atoms with Crippen LogP contribution >= 0.6 is 0 Å². The minimum Gasteiger partial charge on any atom is -0.444 e. The normalized spacial score (nSPS) is 10.7. The second kappa shape index (κ2) is 9.09. The number of hydrogen-bond donors (Lipinski definition) is 2. The molecule has 2 aromatic carbocycles. The lowest BCUT2D eigenvalue weighted by molar-refractivity contribution is 0.252. The molecule has 30 heavy (non-hydrogen) atoms. The topological polar surface area (TPSA) is 85.0 Å². The van der Waals surface area contributed by atoms with Crippen LogP contribution in [0.3, 0.4) is 0 Å². The van der Waals surface area contributed by atoms with Crippen LogP contribution in [0.15, 0.2) is 77.7 Å². The van der Waals surface area contributed by atoms with Crippen molar-refractivity contribution in [1.82, 2.24) is 20.1 Å². The second-order valence-corrected chi connectivity index (χ2v) is 7.04. The number of carbonyl (C=O) groups excluding carboxylic acids is 1. The Kier molecular flexibility index (Phi) is 5.89. The zero-order valence-electron chi connectivity index (χ0n) is 16.7. The molecule has 0 aliphatic carbocycles. The van der Waals surface area contributed by atoms with Gasteiger partial charge in [0.05, 0.1) is 12.2 Å². The van der Waals surface area contributed by atoms with E-state index in [2.05, 4.69) is 20.7 Å². The Hall–Kier alpha value is -3.87. The zero-order chi connectivity index (χ0) is 20.8. The maximum Gasteiger partial charge on any atom is 0.319 e. The predicted octanol–water partition coefficient (Wildman–Crippen LogP) is 4.26. The largest absolute Gasteiger partial charge is 0.444 e. The summed E-state index contributed by atoms with van der Waals surface area (Å²) >= 11 is 0. The molecule has 0 saturated heterocycles. The SMILES string of the molecule is Cc1ccc(-c2nc(CCNC(=O)Nc3cccc(Cn4cccn4)c3)co2)cc1. The number of aromatic nitrogens is 3. The maximum absolute atomic E-state index is 12.2. The maximum atomic E-state index is 12.2. The molecule has 0 unspecified atom stereocenters. The van der Waals surface area contributed by atoms with Gasteiger partial charge in [-0.2, -0.15) is 5.10 Å². The minimum absolute atomic E-state index is 0.256. The third-order valence-corrected chi connectivity index (χ3v) is 4.61. The molecule has 4 rings (SSSR count). The van der Waals surface area contributed by atoms with Crippen LogP contribution in [0.25, 0.3) is 11.5 Å². The molecule has 2 amide bonds. The summed E-state index contributed by atoms with van der Waals surface area (Å²) in [6, 6.07) is 17.3. The molecule has 2 N–H and O–H groups in total. The Morgan fingerprint density at radius 1 is 1.13 bits per heavy atom. The molecule has 2 aromatic heterocycles. The fourth-order valence-electron chi connectivity index (χ4n) is 3.06. The van der Waals surface area contributed by atoms with Crippen molar-refractivity contribution in [2.75, 3.05) is 11.9 Å². The minimum atomic E-state index is -0.256. The lowest BCUT2D eigenvalue weighted by Gasteiger charge is -2.09. The molecule has 7 heteroatoms. The number of hydrogen-bond acceptors (Lipinski definition) is 4. The van der Waals surface area contributed by atoms with Crippen LogP contribution in [0.2, 0.25) is 0 Å². The van der Waals surface area contributed by atoms with Gasteiger partial charge in [0.25, 0.3) is 0 Å². The van der Waals surface area contributed by atoms with Gasteiger partial charge in [-0.1, -0.05) is 29.8 Å². The highest BCUT2D eigenvalue weighted by Gasteiger charge is 2.08. The molecule has 0 atom stereocenters. The van der Waals surface area contributed by atoms with E-state index < -0.39 is 0 Å². The summed E-state index contributed by atoms with van der Waals surface area (Å²) in [5.74, 6) is 0.587. The van der Waals surface area contributed by atoms with E-state index in [1.807, 2.05) is 72.4 Å². The van der Waals surface area contributed by atoms with Crippen molar-refractivity contribution in [3.05, 3.63) is 90.1 Å². The lowest BCUT2D eigenvalue weighted by Crippen LogP contribution is -2.30. The van der Waals surface area contributed by atoms with Crippen LogP contribution in [0.5, 0.6) is 0 Å². The van der Waals surface area contributed by atoms with Crippen molar-refractivity contribution in [3.8, 4) is 11.5 Å². The van der Waals surface area contributed by atoms with Gasteiger partial charge in [0.15, 0.2) is 0 Å². The van der Waals surface area contributed by atoms with E-state index in [4.69, 9.17) is 4.42 Å². The van der Waals surface area contributed by atoms with Crippen molar-refractivity contribution in [1.29, 1.82) is 0 Å². The van der Waals surface area contributed by atoms with Crippen molar-refractivity contribution >= 4 is 11.7 Å².